The summed E-state index contributed by atoms with van der Waals surface area (Å²) < 4.78 is 0. The van der Waals surface area contributed by atoms with Crippen LogP contribution in [-0.4, -0.2) is 24.4 Å². The van der Waals surface area contributed by atoms with Crippen molar-refractivity contribution in [2.75, 3.05) is 13.6 Å². The number of carbonyl (C=O) groups is 1. The summed E-state index contributed by atoms with van der Waals surface area (Å²) in [7, 11) is 1.79. The van der Waals surface area contributed by atoms with Crippen LogP contribution in [0.3, 0.4) is 0 Å². The van der Waals surface area contributed by atoms with Gasteiger partial charge in [-0.05, 0) is 18.7 Å². The zero-order chi connectivity index (χ0) is 11.3. The first-order valence-electron chi connectivity index (χ1n) is 4.58. The van der Waals surface area contributed by atoms with Crippen molar-refractivity contribution in [1.29, 1.82) is 5.26 Å². The number of hydrogen-bond donors (Lipinski definition) is 1. The smallest absolute Gasteiger partial charge is 0.231 e. The number of nitrogens with zero attached hydrogens (tertiary/aromatic N) is 2. The molecule has 4 nitrogen and oxygen atoms in total. The Kier molecular flexibility index (Phi) is 3.83. The number of rotatable bonds is 4. The lowest BCUT2D eigenvalue weighted by atomic mass is 10.1. The van der Waals surface area contributed by atoms with Gasteiger partial charge in [-0.25, -0.2) is 0 Å². The third-order valence-corrected chi connectivity index (χ3v) is 2.00. The van der Waals surface area contributed by atoms with Gasteiger partial charge in [0.1, 0.15) is 0 Å². The van der Waals surface area contributed by atoms with Crippen molar-refractivity contribution >= 4 is 5.91 Å². The molecule has 0 spiro atoms. The summed E-state index contributed by atoms with van der Waals surface area (Å²) in [6.07, 6.45) is 0. The largest absolute Gasteiger partial charge is 0.369 e. The molecule has 0 saturated heterocycles. The summed E-state index contributed by atoms with van der Waals surface area (Å²) in [5.74, 6) is -0.369. The van der Waals surface area contributed by atoms with E-state index in [-0.39, 0.29) is 12.5 Å². The lowest BCUT2D eigenvalue weighted by molar-refractivity contribution is -0.118. The quantitative estimate of drug-likeness (QED) is 0.773. The molecular weight excluding hydrogens is 190 g/mol. The van der Waals surface area contributed by atoms with Gasteiger partial charge in [0.25, 0.3) is 0 Å². The number of nitriles is 1. The van der Waals surface area contributed by atoms with Crippen LogP contribution in [0.25, 0.3) is 0 Å². The molecule has 0 radical (unpaired) electrons. The van der Waals surface area contributed by atoms with Crippen LogP contribution in [0.15, 0.2) is 24.3 Å². The lowest BCUT2D eigenvalue weighted by Crippen LogP contribution is -2.30. The molecular formula is C11H13N3O. The van der Waals surface area contributed by atoms with E-state index in [9.17, 15) is 4.79 Å². The highest BCUT2D eigenvalue weighted by molar-refractivity contribution is 5.75. The Balaban J connectivity index is 2.72. The Morgan fingerprint density at radius 3 is 2.80 bits per heavy atom. The van der Waals surface area contributed by atoms with Crippen molar-refractivity contribution in [3.05, 3.63) is 35.4 Å². The van der Waals surface area contributed by atoms with Crippen LogP contribution < -0.4 is 5.73 Å². The molecule has 0 heterocycles. The normalized spacial score (nSPS) is 9.93. The van der Waals surface area contributed by atoms with Crippen LogP contribution in [0.1, 0.15) is 11.1 Å². The first-order valence-corrected chi connectivity index (χ1v) is 4.58. The maximum atomic E-state index is 10.7. The van der Waals surface area contributed by atoms with Crippen molar-refractivity contribution in [2.24, 2.45) is 5.73 Å². The average molecular weight is 203 g/mol. The molecule has 0 fully saturated rings. The molecule has 0 aliphatic carbocycles. The van der Waals surface area contributed by atoms with Gasteiger partial charge in [0.05, 0.1) is 18.2 Å². The van der Waals surface area contributed by atoms with Gasteiger partial charge in [-0.1, -0.05) is 18.2 Å². The van der Waals surface area contributed by atoms with Gasteiger partial charge in [0.2, 0.25) is 5.91 Å². The molecule has 0 aromatic heterocycles. The highest BCUT2D eigenvalue weighted by atomic mass is 16.1. The Morgan fingerprint density at radius 2 is 2.20 bits per heavy atom. The number of carbonyl (C=O) groups excluding carboxylic acids is 1. The molecule has 0 bridgehead atoms. The van der Waals surface area contributed by atoms with Gasteiger partial charge in [0.15, 0.2) is 0 Å². The van der Waals surface area contributed by atoms with Crippen LogP contribution in [0.4, 0.5) is 0 Å². The molecule has 1 amide bonds. The molecule has 0 aliphatic rings. The van der Waals surface area contributed by atoms with Gasteiger partial charge < -0.3 is 5.73 Å². The first kappa shape index (κ1) is 11.2. The molecule has 2 N–H and O–H groups in total. The SMILES string of the molecule is CN(CC(N)=O)Cc1ccccc1C#N. The van der Waals surface area contributed by atoms with Gasteiger partial charge >= 0.3 is 0 Å². The zero-order valence-corrected chi connectivity index (χ0v) is 8.60. The number of nitrogens with two attached hydrogens (primary N) is 1. The molecule has 4 heteroatoms. The van der Waals surface area contributed by atoms with E-state index in [1.807, 2.05) is 18.2 Å². The van der Waals surface area contributed by atoms with E-state index >= 15 is 0 Å². The standard InChI is InChI=1S/C11H13N3O/c1-14(8-11(13)15)7-10-5-3-2-4-9(10)6-12/h2-5H,7-8H2,1H3,(H2,13,15). The highest BCUT2D eigenvalue weighted by Crippen LogP contribution is 2.09. The Morgan fingerprint density at radius 1 is 1.53 bits per heavy atom. The summed E-state index contributed by atoms with van der Waals surface area (Å²) in [5.41, 5.74) is 6.61. The Hall–Kier alpha value is -1.86. The number of primary amides is 1. The van der Waals surface area contributed by atoms with Crippen LogP contribution in [0.2, 0.25) is 0 Å². The second-order valence-electron chi connectivity index (χ2n) is 3.41. The topological polar surface area (TPSA) is 70.1 Å². The molecule has 0 atom stereocenters. The van der Waals surface area contributed by atoms with Crippen molar-refractivity contribution in [1.82, 2.24) is 4.90 Å². The van der Waals surface area contributed by atoms with E-state index in [0.29, 0.717) is 12.1 Å². The van der Waals surface area contributed by atoms with Crippen molar-refractivity contribution in [3.8, 4) is 6.07 Å². The van der Waals surface area contributed by atoms with E-state index in [4.69, 9.17) is 11.0 Å². The molecule has 1 aromatic carbocycles. The van der Waals surface area contributed by atoms with E-state index in [2.05, 4.69) is 6.07 Å². The van der Waals surface area contributed by atoms with Gasteiger partial charge in [0, 0.05) is 6.54 Å². The fourth-order valence-electron chi connectivity index (χ4n) is 1.38. The summed E-state index contributed by atoms with van der Waals surface area (Å²) in [6, 6.07) is 9.42. The van der Waals surface area contributed by atoms with Crippen molar-refractivity contribution in [3.63, 3.8) is 0 Å². The average Bonchev–Trinajstić information content (AvgIpc) is 2.17. The Bertz CT molecular complexity index is 395. The van der Waals surface area contributed by atoms with Crippen LogP contribution in [-0.2, 0) is 11.3 Å². The van der Waals surface area contributed by atoms with Crippen LogP contribution >= 0.6 is 0 Å². The number of benzene rings is 1. The fraction of sp³-hybridized carbons (Fsp3) is 0.273. The van der Waals surface area contributed by atoms with Gasteiger partial charge in [-0.15, -0.1) is 0 Å². The van der Waals surface area contributed by atoms with Crippen molar-refractivity contribution in [2.45, 2.75) is 6.54 Å². The lowest BCUT2D eigenvalue weighted by Gasteiger charge is -2.14. The summed E-state index contributed by atoms with van der Waals surface area (Å²) >= 11 is 0. The first-order chi connectivity index (χ1) is 7.13. The van der Waals surface area contributed by atoms with E-state index < -0.39 is 0 Å². The van der Waals surface area contributed by atoms with E-state index in [1.54, 1.807) is 18.0 Å². The molecule has 0 saturated carbocycles. The zero-order valence-electron chi connectivity index (χ0n) is 8.60. The second-order valence-corrected chi connectivity index (χ2v) is 3.41. The third-order valence-electron chi connectivity index (χ3n) is 2.00. The van der Waals surface area contributed by atoms with Crippen LogP contribution in [0, 0.1) is 11.3 Å². The molecule has 1 aromatic rings. The minimum atomic E-state index is -0.369. The predicted octanol–water partition coefficient (Wildman–Crippen LogP) is 0.475. The maximum absolute atomic E-state index is 10.7. The molecule has 0 unspecified atom stereocenters. The minimum Gasteiger partial charge on any atom is -0.369 e. The van der Waals surface area contributed by atoms with E-state index in [0.717, 1.165) is 5.56 Å². The molecule has 15 heavy (non-hydrogen) atoms. The van der Waals surface area contributed by atoms with E-state index in [1.165, 1.54) is 0 Å². The van der Waals surface area contributed by atoms with Crippen molar-refractivity contribution < 1.29 is 4.79 Å². The summed E-state index contributed by atoms with van der Waals surface area (Å²) in [5, 5.41) is 8.85. The Labute approximate surface area is 88.9 Å². The van der Waals surface area contributed by atoms with Gasteiger partial charge in [-0.2, -0.15) is 5.26 Å². The fourth-order valence-corrected chi connectivity index (χ4v) is 1.38. The highest BCUT2D eigenvalue weighted by Gasteiger charge is 2.06. The number of amides is 1. The molecule has 0 aliphatic heterocycles. The minimum absolute atomic E-state index is 0.194. The second kappa shape index (κ2) is 5.13. The third kappa shape index (κ3) is 3.41. The number of hydrogen-bond acceptors (Lipinski definition) is 3. The predicted molar refractivity (Wildman–Crippen MR) is 56.7 cm³/mol. The molecule has 78 valence electrons. The number of likely N-dealkylation sites (N-methyl/N-ethyl adjacent to an activating group) is 1. The monoisotopic (exact) mass is 203 g/mol. The van der Waals surface area contributed by atoms with Crippen LogP contribution in [0.5, 0.6) is 0 Å². The summed E-state index contributed by atoms with van der Waals surface area (Å²) in [4.78, 5) is 12.4. The van der Waals surface area contributed by atoms with Gasteiger partial charge in [-0.3, -0.25) is 9.69 Å². The maximum Gasteiger partial charge on any atom is 0.231 e. The summed E-state index contributed by atoms with van der Waals surface area (Å²) in [6.45, 7) is 0.742. The molecule has 1 rings (SSSR count).